The van der Waals surface area contributed by atoms with Gasteiger partial charge in [0.05, 0.1) is 15.9 Å². The summed E-state index contributed by atoms with van der Waals surface area (Å²) >= 11 is 1.56. The van der Waals surface area contributed by atoms with Crippen molar-refractivity contribution in [1.29, 1.82) is 0 Å². The third-order valence-electron chi connectivity index (χ3n) is 0.420. The van der Waals surface area contributed by atoms with E-state index in [-0.39, 0.29) is 0 Å². The van der Waals surface area contributed by atoms with Gasteiger partial charge in [-0.1, -0.05) is 6.58 Å². The fourth-order valence-corrected chi connectivity index (χ4v) is 1.48. The Balaban J connectivity index is 3.17. The largest absolute Gasteiger partial charge is 0.254 e. The first-order valence-corrected chi connectivity index (χ1v) is 4.57. The molecular formula is C4H8OS2. The molecule has 0 radical (unpaired) electrons. The van der Waals surface area contributed by atoms with Gasteiger partial charge >= 0.3 is 0 Å². The van der Waals surface area contributed by atoms with Crippen molar-refractivity contribution in [2.24, 2.45) is 0 Å². The van der Waals surface area contributed by atoms with Gasteiger partial charge in [0, 0.05) is 0 Å². The molecule has 0 saturated heterocycles. The van der Waals surface area contributed by atoms with Crippen molar-refractivity contribution in [2.75, 3.05) is 11.3 Å². The number of rotatable bonds is 3. The van der Waals surface area contributed by atoms with Crippen molar-refractivity contribution in [2.45, 2.75) is 0 Å². The molecule has 0 saturated carbocycles. The van der Waals surface area contributed by atoms with Gasteiger partial charge in [-0.3, -0.25) is 4.21 Å². The SMILES string of the molecule is C=CS(=O)CSC. The average molecular weight is 136 g/mol. The van der Waals surface area contributed by atoms with Gasteiger partial charge in [-0.15, -0.1) is 0 Å². The molecule has 0 spiro atoms. The zero-order valence-corrected chi connectivity index (χ0v) is 5.85. The molecule has 0 aliphatic rings. The summed E-state index contributed by atoms with van der Waals surface area (Å²) < 4.78 is 10.4. The van der Waals surface area contributed by atoms with Crippen molar-refractivity contribution in [1.82, 2.24) is 0 Å². The first kappa shape index (κ1) is 7.24. The summed E-state index contributed by atoms with van der Waals surface area (Å²) in [5.41, 5.74) is 0. The molecule has 0 N–H and O–H groups in total. The van der Waals surface area contributed by atoms with E-state index in [1.807, 2.05) is 6.26 Å². The molecule has 3 heteroatoms. The van der Waals surface area contributed by atoms with Crippen LogP contribution in [0.5, 0.6) is 0 Å². The van der Waals surface area contributed by atoms with Crippen LogP contribution in [0.1, 0.15) is 0 Å². The minimum atomic E-state index is -0.800. The highest BCUT2D eigenvalue weighted by Gasteiger charge is 1.85. The molecule has 1 atom stereocenters. The molecular weight excluding hydrogens is 128 g/mol. The van der Waals surface area contributed by atoms with E-state index in [0.29, 0.717) is 5.08 Å². The van der Waals surface area contributed by atoms with Crippen molar-refractivity contribution in [3.63, 3.8) is 0 Å². The normalized spacial score (nSPS) is 13.3. The number of thioether (sulfide) groups is 1. The minimum absolute atomic E-state index is 0.670. The van der Waals surface area contributed by atoms with Crippen LogP contribution >= 0.6 is 11.8 Å². The molecule has 0 aromatic carbocycles. The van der Waals surface area contributed by atoms with Crippen molar-refractivity contribution >= 4 is 22.6 Å². The Bertz CT molecular complexity index is 79.8. The molecule has 0 heterocycles. The molecule has 42 valence electrons. The maximum Gasteiger partial charge on any atom is 0.0730 e. The van der Waals surface area contributed by atoms with Gasteiger partial charge in [-0.05, 0) is 11.7 Å². The van der Waals surface area contributed by atoms with Crippen LogP contribution in [0.2, 0.25) is 0 Å². The van der Waals surface area contributed by atoms with Crippen molar-refractivity contribution in [3.05, 3.63) is 12.0 Å². The molecule has 0 aliphatic heterocycles. The molecule has 1 nitrogen and oxygen atoms in total. The first-order valence-electron chi connectivity index (χ1n) is 1.80. The van der Waals surface area contributed by atoms with E-state index in [1.54, 1.807) is 11.8 Å². The Morgan fingerprint density at radius 1 is 2.00 bits per heavy atom. The monoisotopic (exact) mass is 136 g/mol. The quantitative estimate of drug-likeness (QED) is 0.580. The van der Waals surface area contributed by atoms with E-state index >= 15 is 0 Å². The van der Waals surface area contributed by atoms with Gasteiger partial charge in [-0.25, -0.2) is 0 Å². The number of hydrogen-bond donors (Lipinski definition) is 0. The first-order chi connectivity index (χ1) is 3.31. The van der Waals surface area contributed by atoms with Gasteiger partial charge in [0.15, 0.2) is 0 Å². The van der Waals surface area contributed by atoms with E-state index < -0.39 is 10.8 Å². The second kappa shape index (κ2) is 4.40. The Kier molecular flexibility index (Phi) is 4.55. The Morgan fingerprint density at radius 3 is 2.71 bits per heavy atom. The highest BCUT2D eigenvalue weighted by molar-refractivity contribution is 8.10. The average Bonchev–Trinajstić information content (AvgIpc) is 1.68. The van der Waals surface area contributed by atoms with Gasteiger partial charge in [0.25, 0.3) is 0 Å². The van der Waals surface area contributed by atoms with Crippen LogP contribution < -0.4 is 0 Å². The molecule has 1 unspecified atom stereocenters. The van der Waals surface area contributed by atoms with E-state index in [9.17, 15) is 4.21 Å². The lowest BCUT2D eigenvalue weighted by atomic mass is 11.3. The van der Waals surface area contributed by atoms with Gasteiger partial charge in [0.2, 0.25) is 0 Å². The topological polar surface area (TPSA) is 17.1 Å². The molecule has 0 rings (SSSR count). The molecule has 0 fully saturated rings. The van der Waals surface area contributed by atoms with Gasteiger partial charge < -0.3 is 0 Å². The van der Waals surface area contributed by atoms with Crippen LogP contribution in [-0.2, 0) is 10.8 Å². The number of hydrogen-bond acceptors (Lipinski definition) is 2. The standard InChI is InChI=1S/C4H8OS2/c1-3-7(5)4-6-2/h3H,1,4H2,2H3. The lowest BCUT2D eigenvalue weighted by Gasteiger charge is -1.85. The fourth-order valence-electron chi connectivity index (χ4n) is 0.164. The molecule has 0 aliphatic carbocycles. The smallest absolute Gasteiger partial charge is 0.0730 e. The van der Waals surface area contributed by atoms with Crippen LogP contribution in [-0.4, -0.2) is 15.5 Å². The lowest BCUT2D eigenvalue weighted by molar-refractivity contribution is 0.691. The fraction of sp³-hybridized carbons (Fsp3) is 0.500. The lowest BCUT2D eigenvalue weighted by Crippen LogP contribution is -1.83. The summed E-state index contributed by atoms with van der Waals surface area (Å²) in [5, 5.41) is 2.12. The van der Waals surface area contributed by atoms with Crippen LogP contribution in [0.4, 0.5) is 0 Å². The Hall–Kier alpha value is 0.240. The van der Waals surface area contributed by atoms with Crippen LogP contribution in [0.25, 0.3) is 0 Å². The van der Waals surface area contributed by atoms with E-state index in [1.165, 1.54) is 5.41 Å². The van der Waals surface area contributed by atoms with Crippen LogP contribution in [0.3, 0.4) is 0 Å². The van der Waals surface area contributed by atoms with Crippen molar-refractivity contribution < 1.29 is 4.21 Å². The summed E-state index contributed by atoms with van der Waals surface area (Å²) in [4.78, 5) is 0. The van der Waals surface area contributed by atoms with Crippen molar-refractivity contribution in [3.8, 4) is 0 Å². The third kappa shape index (κ3) is 4.09. The predicted molar refractivity (Wildman–Crippen MR) is 36.7 cm³/mol. The van der Waals surface area contributed by atoms with E-state index in [0.717, 1.165) is 0 Å². The summed E-state index contributed by atoms with van der Waals surface area (Å²) in [7, 11) is -0.800. The highest BCUT2D eigenvalue weighted by atomic mass is 32.2. The maximum atomic E-state index is 10.4. The van der Waals surface area contributed by atoms with E-state index in [4.69, 9.17) is 0 Å². The van der Waals surface area contributed by atoms with Crippen LogP contribution in [0, 0.1) is 0 Å². The zero-order chi connectivity index (χ0) is 5.70. The highest BCUT2D eigenvalue weighted by Crippen LogP contribution is 1.95. The van der Waals surface area contributed by atoms with Crippen LogP contribution in [0.15, 0.2) is 12.0 Å². The maximum absolute atomic E-state index is 10.4. The predicted octanol–water partition coefficient (Wildman–Crippen LogP) is 1.20. The summed E-state index contributed by atoms with van der Waals surface area (Å²) in [6, 6.07) is 0. The summed E-state index contributed by atoms with van der Waals surface area (Å²) in [6.07, 6.45) is 1.92. The zero-order valence-electron chi connectivity index (χ0n) is 4.22. The van der Waals surface area contributed by atoms with Gasteiger partial charge in [-0.2, -0.15) is 11.8 Å². The van der Waals surface area contributed by atoms with Gasteiger partial charge in [0.1, 0.15) is 0 Å². The second-order valence-electron chi connectivity index (χ2n) is 0.954. The Labute approximate surface area is 50.6 Å². The molecule has 7 heavy (non-hydrogen) atoms. The molecule has 0 aromatic heterocycles. The minimum Gasteiger partial charge on any atom is -0.254 e. The summed E-state index contributed by atoms with van der Waals surface area (Å²) in [6.45, 7) is 3.37. The summed E-state index contributed by atoms with van der Waals surface area (Å²) in [5.74, 6) is 0. The third-order valence-corrected chi connectivity index (χ3v) is 2.66. The molecule has 0 aromatic rings. The Morgan fingerprint density at radius 2 is 2.57 bits per heavy atom. The van der Waals surface area contributed by atoms with E-state index in [2.05, 4.69) is 6.58 Å². The molecule has 0 bridgehead atoms. The molecule has 0 amide bonds. The second-order valence-corrected chi connectivity index (χ2v) is 3.57.